The van der Waals surface area contributed by atoms with Crippen LogP contribution in [0, 0.1) is 0 Å². The highest BCUT2D eigenvalue weighted by molar-refractivity contribution is 6.73. The van der Waals surface area contributed by atoms with Crippen molar-refractivity contribution >= 4 is 8.24 Å². The monoisotopic (exact) mass is 147 g/mol. The normalized spacial score (nSPS) is 10.7. The van der Waals surface area contributed by atoms with Crippen LogP contribution in [0.25, 0.3) is 0 Å². The summed E-state index contributed by atoms with van der Waals surface area (Å²) in [5.74, 6) is 0. The van der Waals surface area contributed by atoms with Gasteiger partial charge in [0.1, 0.15) is 8.24 Å². The maximum absolute atomic E-state index is 2.33. The molecule has 0 aromatic carbocycles. The Kier molecular flexibility index (Phi) is 6.62. The fourth-order valence-corrected chi connectivity index (χ4v) is 0. The van der Waals surface area contributed by atoms with Gasteiger partial charge in [0.2, 0.25) is 0 Å². The average molecular weight is 147 g/mol. The largest absolute Gasteiger partial charge is 0.329 e. The molecule has 0 heterocycles. The number of hydrogen-bond donors (Lipinski definition) is 0. The lowest BCUT2D eigenvalue weighted by atomic mass is 11.0. The first-order valence-electron chi connectivity index (χ1n) is 3.62. The van der Waals surface area contributed by atoms with Crippen molar-refractivity contribution in [1.82, 2.24) is 4.57 Å². The molecular weight excluding hydrogens is 126 g/mol. The lowest BCUT2D eigenvalue weighted by Crippen LogP contribution is -2.39. The molecular formula is C7H21NSi. The summed E-state index contributed by atoms with van der Waals surface area (Å²) >= 11 is 0. The van der Waals surface area contributed by atoms with Crippen molar-refractivity contribution in [3.63, 3.8) is 0 Å². The molecule has 0 aliphatic heterocycles. The van der Waals surface area contributed by atoms with E-state index in [4.69, 9.17) is 0 Å². The van der Waals surface area contributed by atoms with Crippen LogP contribution >= 0.6 is 0 Å². The van der Waals surface area contributed by atoms with Gasteiger partial charge in [-0.15, -0.1) is 0 Å². The summed E-state index contributed by atoms with van der Waals surface area (Å²) in [6.45, 7) is 11.0. The molecule has 0 radical (unpaired) electrons. The second-order valence-corrected chi connectivity index (χ2v) is 8.30. The summed E-state index contributed by atoms with van der Waals surface area (Å²) in [6, 6.07) is 0. The van der Waals surface area contributed by atoms with Crippen LogP contribution in [0.2, 0.25) is 19.6 Å². The Balaban J connectivity index is 0. The van der Waals surface area contributed by atoms with Crippen LogP contribution in [0.5, 0.6) is 0 Å². The van der Waals surface area contributed by atoms with Crippen LogP contribution in [0.1, 0.15) is 13.8 Å². The van der Waals surface area contributed by atoms with Gasteiger partial charge in [-0.3, -0.25) is 0 Å². The fraction of sp³-hybridized carbons (Fsp3) is 1.00. The van der Waals surface area contributed by atoms with Crippen molar-refractivity contribution in [2.45, 2.75) is 33.5 Å². The molecule has 0 aliphatic carbocycles. The Labute approximate surface area is 61.2 Å². The van der Waals surface area contributed by atoms with E-state index in [1.54, 1.807) is 0 Å². The van der Waals surface area contributed by atoms with Crippen LogP contribution in [0.15, 0.2) is 0 Å². The molecule has 0 amide bonds. The summed E-state index contributed by atoms with van der Waals surface area (Å²) in [4.78, 5) is 0. The zero-order chi connectivity index (χ0) is 8.08. The molecule has 0 spiro atoms. The third kappa shape index (κ3) is 8.18. The first-order chi connectivity index (χ1) is 3.94. The molecule has 0 unspecified atom stereocenters. The summed E-state index contributed by atoms with van der Waals surface area (Å²) in [5.41, 5.74) is 0. The van der Waals surface area contributed by atoms with E-state index in [2.05, 4.69) is 38.3 Å². The van der Waals surface area contributed by atoms with Crippen LogP contribution in [0.3, 0.4) is 0 Å². The standard InChI is InChI=1S/C5H15NSi.C2H6/c1-6(2)7(3,4)5;1-2/h1-5H3;1-2H3. The van der Waals surface area contributed by atoms with E-state index >= 15 is 0 Å². The van der Waals surface area contributed by atoms with Crippen molar-refractivity contribution in [2.24, 2.45) is 0 Å². The van der Waals surface area contributed by atoms with E-state index in [0.29, 0.717) is 0 Å². The zero-order valence-corrected chi connectivity index (χ0v) is 8.95. The van der Waals surface area contributed by atoms with Crippen LogP contribution in [0.4, 0.5) is 0 Å². The molecule has 0 N–H and O–H groups in total. The third-order valence-electron chi connectivity index (χ3n) is 1.34. The predicted molar refractivity (Wildman–Crippen MR) is 48.4 cm³/mol. The zero-order valence-electron chi connectivity index (χ0n) is 7.95. The minimum absolute atomic E-state index is 0.901. The molecule has 0 fully saturated rings. The highest BCUT2D eigenvalue weighted by atomic mass is 28.3. The smallest absolute Gasteiger partial charge is 0.118 e. The van der Waals surface area contributed by atoms with Crippen molar-refractivity contribution in [2.75, 3.05) is 14.1 Å². The first kappa shape index (κ1) is 11.9. The lowest BCUT2D eigenvalue weighted by Gasteiger charge is -2.24. The van der Waals surface area contributed by atoms with Crippen LogP contribution in [-0.2, 0) is 0 Å². The Morgan fingerprint density at radius 1 is 0.889 bits per heavy atom. The van der Waals surface area contributed by atoms with E-state index < -0.39 is 8.24 Å². The molecule has 0 atom stereocenters. The van der Waals surface area contributed by atoms with Crippen LogP contribution < -0.4 is 0 Å². The second-order valence-electron chi connectivity index (χ2n) is 3.07. The lowest BCUT2D eigenvalue weighted by molar-refractivity contribution is 0.627. The number of hydrogen-bond acceptors (Lipinski definition) is 1. The second kappa shape index (κ2) is 5.00. The van der Waals surface area contributed by atoms with Gasteiger partial charge in [0.25, 0.3) is 0 Å². The van der Waals surface area contributed by atoms with Gasteiger partial charge in [0.15, 0.2) is 0 Å². The van der Waals surface area contributed by atoms with Gasteiger partial charge < -0.3 is 4.57 Å². The number of nitrogens with zero attached hydrogens (tertiary/aromatic N) is 1. The summed E-state index contributed by atoms with van der Waals surface area (Å²) in [6.07, 6.45) is 0. The Hall–Kier alpha value is 0.177. The average Bonchev–Trinajstić information content (AvgIpc) is 1.69. The maximum atomic E-state index is 2.33. The molecule has 0 saturated carbocycles. The van der Waals surface area contributed by atoms with Crippen molar-refractivity contribution in [3.05, 3.63) is 0 Å². The van der Waals surface area contributed by atoms with E-state index in [-0.39, 0.29) is 0 Å². The molecule has 2 heteroatoms. The summed E-state index contributed by atoms with van der Waals surface area (Å²) < 4.78 is 2.33. The molecule has 0 aromatic rings. The Morgan fingerprint density at radius 3 is 1.00 bits per heavy atom. The van der Waals surface area contributed by atoms with Gasteiger partial charge in [-0.25, -0.2) is 0 Å². The molecule has 58 valence electrons. The minimum Gasteiger partial charge on any atom is -0.329 e. The summed E-state index contributed by atoms with van der Waals surface area (Å²) in [7, 11) is 3.39. The van der Waals surface area contributed by atoms with Gasteiger partial charge in [-0.1, -0.05) is 33.5 Å². The molecule has 0 rings (SSSR count). The van der Waals surface area contributed by atoms with Gasteiger partial charge in [-0.05, 0) is 14.1 Å². The van der Waals surface area contributed by atoms with Gasteiger partial charge in [-0.2, -0.15) is 0 Å². The Bertz CT molecular complexity index is 54.4. The molecule has 1 nitrogen and oxygen atoms in total. The summed E-state index contributed by atoms with van der Waals surface area (Å²) in [5, 5.41) is 0. The molecule has 9 heavy (non-hydrogen) atoms. The van der Waals surface area contributed by atoms with Gasteiger partial charge in [0, 0.05) is 0 Å². The molecule has 0 saturated heterocycles. The fourth-order valence-electron chi connectivity index (χ4n) is 0. The van der Waals surface area contributed by atoms with E-state index in [0.717, 1.165) is 0 Å². The minimum atomic E-state index is -0.901. The Morgan fingerprint density at radius 2 is 1.00 bits per heavy atom. The highest BCUT2D eigenvalue weighted by Crippen LogP contribution is 2.01. The van der Waals surface area contributed by atoms with E-state index in [9.17, 15) is 0 Å². The molecule has 0 aromatic heterocycles. The maximum Gasteiger partial charge on any atom is 0.118 e. The number of rotatable bonds is 1. The SMILES string of the molecule is CC.CN(C)[Si](C)(C)C. The van der Waals surface area contributed by atoms with Crippen molar-refractivity contribution in [1.29, 1.82) is 0 Å². The van der Waals surface area contributed by atoms with Crippen LogP contribution in [-0.4, -0.2) is 26.9 Å². The first-order valence-corrected chi connectivity index (χ1v) is 7.07. The quantitative estimate of drug-likeness (QED) is 0.515. The van der Waals surface area contributed by atoms with Crippen molar-refractivity contribution in [3.8, 4) is 0 Å². The van der Waals surface area contributed by atoms with Gasteiger partial charge in [0.05, 0.1) is 0 Å². The molecule has 0 bridgehead atoms. The predicted octanol–water partition coefficient (Wildman–Crippen LogP) is 2.41. The topological polar surface area (TPSA) is 3.24 Å². The molecule has 0 aliphatic rings. The van der Waals surface area contributed by atoms with Crippen molar-refractivity contribution < 1.29 is 0 Å². The highest BCUT2D eigenvalue weighted by Gasteiger charge is 2.14. The van der Waals surface area contributed by atoms with E-state index in [1.165, 1.54) is 0 Å². The van der Waals surface area contributed by atoms with E-state index in [1.807, 2.05) is 13.8 Å². The third-order valence-corrected chi connectivity index (χ3v) is 4.02. The van der Waals surface area contributed by atoms with Gasteiger partial charge >= 0.3 is 0 Å².